The van der Waals surface area contributed by atoms with Crippen LogP contribution in [0.2, 0.25) is 0 Å². The van der Waals surface area contributed by atoms with E-state index in [0.717, 1.165) is 10.5 Å². The second kappa shape index (κ2) is 6.28. The van der Waals surface area contributed by atoms with Gasteiger partial charge in [-0.05, 0) is 31.0 Å². The Kier molecular flexibility index (Phi) is 5.23. The van der Waals surface area contributed by atoms with Crippen molar-refractivity contribution >= 4 is 17.5 Å². The molecule has 0 bridgehead atoms. The molecule has 0 radical (unpaired) electrons. The first-order chi connectivity index (χ1) is 8.76. The van der Waals surface area contributed by atoms with Crippen molar-refractivity contribution < 1.29 is 18.0 Å². The molecule has 106 valence electrons. The van der Waals surface area contributed by atoms with Gasteiger partial charge >= 0.3 is 6.18 Å². The largest absolute Gasteiger partial charge is 0.406 e. The lowest BCUT2D eigenvalue weighted by Crippen LogP contribution is -2.40. The summed E-state index contributed by atoms with van der Waals surface area (Å²) in [6, 6.07) is 4.99. The zero-order chi connectivity index (χ0) is 14.6. The molecule has 0 aliphatic heterocycles. The molecule has 2 nitrogen and oxygen atoms in total. The van der Waals surface area contributed by atoms with Crippen LogP contribution in [0.1, 0.15) is 21.5 Å². The van der Waals surface area contributed by atoms with E-state index < -0.39 is 18.6 Å². The van der Waals surface area contributed by atoms with Crippen LogP contribution in [0.3, 0.4) is 0 Å². The van der Waals surface area contributed by atoms with E-state index in [1.54, 1.807) is 13.0 Å². The van der Waals surface area contributed by atoms with Crippen molar-refractivity contribution in [2.75, 3.05) is 19.0 Å². The van der Waals surface area contributed by atoms with E-state index in [1.165, 1.54) is 6.07 Å². The van der Waals surface area contributed by atoms with Gasteiger partial charge in [0.25, 0.3) is 5.91 Å². The third-order valence-corrected chi connectivity index (χ3v) is 3.02. The quantitative estimate of drug-likeness (QED) is 0.778. The fraction of sp³-hybridized carbons (Fsp3) is 0.462. The van der Waals surface area contributed by atoms with Gasteiger partial charge in [0.2, 0.25) is 0 Å². The summed E-state index contributed by atoms with van der Waals surface area (Å²) in [6.07, 6.45) is -4.43. The SMILES string of the molecule is Cc1cccc(C(=O)N(CCCl)CC(F)(F)F)c1C. The highest BCUT2D eigenvalue weighted by Crippen LogP contribution is 2.20. The lowest BCUT2D eigenvalue weighted by Gasteiger charge is -2.24. The summed E-state index contributed by atoms with van der Waals surface area (Å²) in [5.41, 5.74) is 1.84. The van der Waals surface area contributed by atoms with Crippen LogP contribution in [0, 0.1) is 13.8 Å². The highest BCUT2D eigenvalue weighted by Gasteiger charge is 2.33. The van der Waals surface area contributed by atoms with Gasteiger partial charge in [0.05, 0.1) is 0 Å². The molecule has 19 heavy (non-hydrogen) atoms. The standard InChI is InChI=1S/C13H15ClF3NO/c1-9-4-3-5-11(10(9)2)12(19)18(7-6-14)8-13(15,16)17/h3-5H,6-8H2,1-2H3. The maximum atomic E-state index is 12.4. The molecule has 0 spiro atoms. The minimum absolute atomic E-state index is 0.0350. The summed E-state index contributed by atoms with van der Waals surface area (Å²) >= 11 is 5.47. The fourth-order valence-corrected chi connectivity index (χ4v) is 1.93. The Hall–Kier alpha value is -1.23. The molecule has 0 N–H and O–H groups in total. The Morgan fingerprint density at radius 2 is 1.95 bits per heavy atom. The molecular formula is C13H15ClF3NO. The number of rotatable bonds is 4. The molecule has 1 aromatic rings. The molecule has 0 saturated carbocycles. The second-order valence-electron chi connectivity index (χ2n) is 4.28. The minimum atomic E-state index is -4.43. The Balaban J connectivity index is 3.02. The predicted octanol–water partition coefficient (Wildman–Crippen LogP) is 3.55. The van der Waals surface area contributed by atoms with Crippen molar-refractivity contribution in [2.45, 2.75) is 20.0 Å². The highest BCUT2D eigenvalue weighted by molar-refractivity contribution is 6.18. The molecule has 0 saturated heterocycles. The molecule has 0 heterocycles. The summed E-state index contributed by atoms with van der Waals surface area (Å²) in [7, 11) is 0. The number of benzene rings is 1. The maximum Gasteiger partial charge on any atom is 0.406 e. The molecule has 1 amide bonds. The zero-order valence-corrected chi connectivity index (χ0v) is 11.5. The summed E-state index contributed by atoms with van der Waals surface area (Å²) in [5, 5.41) is 0. The molecule has 0 aromatic heterocycles. The average Bonchev–Trinajstić information content (AvgIpc) is 2.30. The first-order valence-corrected chi connectivity index (χ1v) is 6.28. The summed E-state index contributed by atoms with van der Waals surface area (Å²) in [5.74, 6) is -0.675. The van der Waals surface area contributed by atoms with E-state index in [2.05, 4.69) is 0 Å². The van der Waals surface area contributed by atoms with Crippen LogP contribution in [0.15, 0.2) is 18.2 Å². The maximum absolute atomic E-state index is 12.4. The van der Waals surface area contributed by atoms with E-state index >= 15 is 0 Å². The third-order valence-electron chi connectivity index (χ3n) is 2.85. The van der Waals surface area contributed by atoms with Gasteiger partial charge < -0.3 is 4.90 Å². The average molecular weight is 294 g/mol. The van der Waals surface area contributed by atoms with Crippen LogP contribution in [0.5, 0.6) is 0 Å². The number of carbonyl (C=O) groups excluding carboxylic acids is 1. The first kappa shape index (κ1) is 15.8. The Bertz CT molecular complexity index is 460. The number of amides is 1. The van der Waals surface area contributed by atoms with E-state index in [4.69, 9.17) is 11.6 Å². The van der Waals surface area contributed by atoms with Gasteiger partial charge in [0, 0.05) is 18.0 Å². The Morgan fingerprint density at radius 1 is 1.32 bits per heavy atom. The number of carbonyl (C=O) groups is 1. The fourth-order valence-electron chi connectivity index (χ4n) is 1.72. The third kappa shape index (κ3) is 4.42. The molecule has 1 rings (SSSR count). The van der Waals surface area contributed by atoms with Gasteiger partial charge in [-0.15, -0.1) is 11.6 Å². The van der Waals surface area contributed by atoms with Crippen molar-refractivity contribution in [1.29, 1.82) is 0 Å². The van der Waals surface area contributed by atoms with Gasteiger partial charge in [0.1, 0.15) is 6.54 Å². The molecule has 1 aromatic carbocycles. The van der Waals surface area contributed by atoms with E-state index in [9.17, 15) is 18.0 Å². The lowest BCUT2D eigenvalue weighted by molar-refractivity contribution is -0.140. The first-order valence-electron chi connectivity index (χ1n) is 5.74. The molecular weight excluding hydrogens is 279 g/mol. The van der Waals surface area contributed by atoms with Gasteiger partial charge in [-0.1, -0.05) is 12.1 Å². The number of alkyl halides is 4. The van der Waals surface area contributed by atoms with Crippen LogP contribution in [0.4, 0.5) is 13.2 Å². The lowest BCUT2D eigenvalue weighted by atomic mass is 10.0. The number of hydrogen-bond donors (Lipinski definition) is 0. The van der Waals surface area contributed by atoms with E-state index in [1.807, 2.05) is 13.0 Å². The van der Waals surface area contributed by atoms with Crippen molar-refractivity contribution in [1.82, 2.24) is 4.90 Å². The van der Waals surface area contributed by atoms with Crippen molar-refractivity contribution in [3.63, 3.8) is 0 Å². The van der Waals surface area contributed by atoms with Crippen molar-refractivity contribution in [3.05, 3.63) is 34.9 Å². The number of halogens is 4. The summed E-state index contributed by atoms with van der Waals surface area (Å²) < 4.78 is 37.3. The molecule has 0 unspecified atom stereocenters. The van der Waals surface area contributed by atoms with Crippen molar-refractivity contribution in [3.8, 4) is 0 Å². The van der Waals surface area contributed by atoms with Gasteiger partial charge in [-0.25, -0.2) is 0 Å². The smallest absolute Gasteiger partial charge is 0.328 e. The topological polar surface area (TPSA) is 20.3 Å². The normalized spacial score (nSPS) is 11.5. The summed E-state index contributed by atoms with van der Waals surface area (Å²) in [6.45, 7) is 2.11. The zero-order valence-electron chi connectivity index (χ0n) is 10.7. The monoisotopic (exact) mass is 293 g/mol. The molecule has 0 aliphatic carbocycles. The number of nitrogens with zero attached hydrogens (tertiary/aromatic N) is 1. The van der Waals surface area contributed by atoms with Crippen LogP contribution in [-0.2, 0) is 0 Å². The molecule has 0 aliphatic rings. The van der Waals surface area contributed by atoms with Crippen LogP contribution in [0.25, 0.3) is 0 Å². The minimum Gasteiger partial charge on any atom is -0.328 e. The van der Waals surface area contributed by atoms with Gasteiger partial charge in [-0.3, -0.25) is 4.79 Å². The van der Waals surface area contributed by atoms with Gasteiger partial charge in [-0.2, -0.15) is 13.2 Å². The second-order valence-corrected chi connectivity index (χ2v) is 4.66. The van der Waals surface area contributed by atoms with Crippen LogP contribution < -0.4 is 0 Å². The Morgan fingerprint density at radius 3 is 2.47 bits per heavy atom. The van der Waals surface area contributed by atoms with E-state index in [0.29, 0.717) is 5.56 Å². The van der Waals surface area contributed by atoms with Crippen LogP contribution in [-0.4, -0.2) is 36.0 Å². The predicted molar refractivity (Wildman–Crippen MR) is 68.6 cm³/mol. The molecule has 0 fully saturated rings. The number of aryl methyl sites for hydroxylation is 1. The van der Waals surface area contributed by atoms with Crippen LogP contribution >= 0.6 is 11.6 Å². The summed E-state index contributed by atoms with van der Waals surface area (Å²) in [4.78, 5) is 12.9. The molecule has 6 heteroatoms. The van der Waals surface area contributed by atoms with Crippen molar-refractivity contribution in [2.24, 2.45) is 0 Å². The number of hydrogen-bond acceptors (Lipinski definition) is 1. The highest BCUT2D eigenvalue weighted by atomic mass is 35.5. The van der Waals surface area contributed by atoms with E-state index in [-0.39, 0.29) is 18.0 Å². The Labute approximate surface area is 115 Å². The van der Waals surface area contributed by atoms with Gasteiger partial charge in [0.15, 0.2) is 0 Å². The molecule has 0 atom stereocenters.